The number of nitrogens with zero attached hydrogens (tertiary/aromatic N) is 2. The van der Waals surface area contributed by atoms with Crippen LogP contribution in [0.2, 0.25) is 0 Å². The zero-order valence-corrected chi connectivity index (χ0v) is 20.6. The Kier molecular flexibility index (Phi) is 7.40. The van der Waals surface area contributed by atoms with Gasteiger partial charge in [-0.05, 0) is 67.4 Å². The molecule has 0 bridgehead atoms. The SMILES string of the molecule is COc1cc(C(=O)N(CCC2CCCN2C)Cc2csc3ccccc23)cc(OC)c1OC. The number of benzene rings is 2. The summed E-state index contributed by atoms with van der Waals surface area (Å²) in [6, 6.07) is 12.4. The molecule has 1 fully saturated rings. The van der Waals surface area contributed by atoms with E-state index in [1.54, 1.807) is 44.8 Å². The van der Waals surface area contributed by atoms with Crippen LogP contribution in [0.3, 0.4) is 0 Å². The van der Waals surface area contributed by atoms with Gasteiger partial charge in [-0.25, -0.2) is 0 Å². The molecule has 1 saturated heterocycles. The number of hydrogen-bond donors (Lipinski definition) is 0. The minimum atomic E-state index is -0.0369. The smallest absolute Gasteiger partial charge is 0.254 e. The molecule has 33 heavy (non-hydrogen) atoms. The van der Waals surface area contributed by atoms with E-state index in [0.717, 1.165) is 13.0 Å². The first kappa shape index (κ1) is 23.4. The first-order chi connectivity index (χ1) is 16.0. The van der Waals surface area contributed by atoms with Gasteiger partial charge in [-0.2, -0.15) is 0 Å². The molecule has 1 aliphatic rings. The normalized spacial score (nSPS) is 16.2. The van der Waals surface area contributed by atoms with E-state index in [2.05, 4.69) is 41.6 Å². The second-order valence-corrected chi connectivity index (χ2v) is 9.37. The maximum atomic E-state index is 13.8. The van der Waals surface area contributed by atoms with Crippen molar-refractivity contribution in [1.82, 2.24) is 9.80 Å². The van der Waals surface area contributed by atoms with Gasteiger partial charge in [-0.1, -0.05) is 18.2 Å². The highest BCUT2D eigenvalue weighted by Gasteiger charge is 2.25. The molecule has 7 heteroatoms. The molecular formula is C26H32N2O4S. The third-order valence-corrected chi connectivity index (χ3v) is 7.54. The number of hydrogen-bond acceptors (Lipinski definition) is 6. The highest BCUT2D eigenvalue weighted by Crippen LogP contribution is 2.39. The molecule has 4 rings (SSSR count). The van der Waals surface area contributed by atoms with Gasteiger partial charge in [0.05, 0.1) is 21.3 Å². The number of amides is 1. The van der Waals surface area contributed by atoms with Crippen LogP contribution in [0.15, 0.2) is 41.8 Å². The molecule has 1 aromatic heterocycles. The summed E-state index contributed by atoms with van der Waals surface area (Å²) < 4.78 is 17.6. The monoisotopic (exact) mass is 468 g/mol. The molecule has 0 N–H and O–H groups in total. The Labute approximate surface area is 199 Å². The first-order valence-corrected chi connectivity index (χ1v) is 12.2. The van der Waals surface area contributed by atoms with Gasteiger partial charge >= 0.3 is 0 Å². The molecule has 176 valence electrons. The Hall–Kier alpha value is -2.77. The molecule has 2 aromatic carbocycles. The predicted molar refractivity (Wildman–Crippen MR) is 133 cm³/mol. The van der Waals surface area contributed by atoms with Gasteiger partial charge in [-0.3, -0.25) is 4.79 Å². The molecule has 1 unspecified atom stereocenters. The molecule has 6 nitrogen and oxygen atoms in total. The van der Waals surface area contributed by atoms with Crippen molar-refractivity contribution in [1.29, 1.82) is 0 Å². The van der Waals surface area contributed by atoms with E-state index < -0.39 is 0 Å². The van der Waals surface area contributed by atoms with Gasteiger partial charge in [0.2, 0.25) is 5.75 Å². The average Bonchev–Trinajstić information content (AvgIpc) is 3.45. The molecule has 0 radical (unpaired) electrons. The summed E-state index contributed by atoms with van der Waals surface area (Å²) in [5.41, 5.74) is 1.71. The Balaban J connectivity index is 1.65. The van der Waals surface area contributed by atoms with E-state index >= 15 is 0 Å². The number of methoxy groups -OCH3 is 3. The third-order valence-electron chi connectivity index (χ3n) is 6.53. The van der Waals surface area contributed by atoms with Crippen molar-refractivity contribution in [2.45, 2.75) is 31.8 Å². The minimum absolute atomic E-state index is 0.0369. The van der Waals surface area contributed by atoms with Gasteiger partial charge in [0.15, 0.2) is 11.5 Å². The number of likely N-dealkylation sites (tertiary alicyclic amines) is 1. The quantitative estimate of drug-likeness (QED) is 0.440. The lowest BCUT2D eigenvalue weighted by Gasteiger charge is -2.27. The van der Waals surface area contributed by atoms with E-state index in [0.29, 0.717) is 41.9 Å². The van der Waals surface area contributed by atoms with Gasteiger partial charge in [0.25, 0.3) is 5.91 Å². The van der Waals surface area contributed by atoms with Gasteiger partial charge in [0.1, 0.15) is 0 Å². The molecule has 3 aromatic rings. The standard InChI is InChI=1S/C26H32N2O4S/c1-27-12-7-8-20(27)11-13-28(16-19-17-33-24-10-6-5-9-21(19)24)26(29)18-14-22(30-2)25(32-4)23(15-18)31-3/h5-6,9-10,14-15,17,20H,7-8,11-13,16H2,1-4H3. The zero-order valence-electron chi connectivity index (χ0n) is 19.8. The van der Waals surface area contributed by atoms with Gasteiger partial charge < -0.3 is 24.0 Å². The lowest BCUT2D eigenvalue weighted by molar-refractivity contribution is 0.0729. The van der Waals surface area contributed by atoms with Crippen molar-refractivity contribution in [3.63, 3.8) is 0 Å². The van der Waals surface area contributed by atoms with Crippen molar-refractivity contribution in [2.75, 3.05) is 41.5 Å². The van der Waals surface area contributed by atoms with Crippen LogP contribution < -0.4 is 14.2 Å². The fourth-order valence-corrected chi connectivity index (χ4v) is 5.60. The minimum Gasteiger partial charge on any atom is -0.493 e. The van der Waals surface area contributed by atoms with E-state index in [4.69, 9.17) is 14.2 Å². The lowest BCUT2D eigenvalue weighted by atomic mass is 10.1. The largest absolute Gasteiger partial charge is 0.493 e. The van der Waals surface area contributed by atoms with Crippen LogP contribution in [0, 0.1) is 0 Å². The molecular weight excluding hydrogens is 436 g/mol. The second-order valence-electron chi connectivity index (χ2n) is 8.46. The van der Waals surface area contributed by atoms with Crippen LogP contribution in [0.5, 0.6) is 17.2 Å². The molecule has 1 amide bonds. The maximum absolute atomic E-state index is 13.8. The van der Waals surface area contributed by atoms with Gasteiger partial charge in [0, 0.05) is 29.4 Å². The van der Waals surface area contributed by atoms with Gasteiger partial charge in [-0.15, -0.1) is 11.3 Å². The Morgan fingerprint density at radius 3 is 2.48 bits per heavy atom. The topological polar surface area (TPSA) is 51.2 Å². The number of fused-ring (bicyclic) bond motifs is 1. The van der Waals surface area contributed by atoms with Crippen LogP contribution in [-0.2, 0) is 6.54 Å². The van der Waals surface area contributed by atoms with Crippen molar-refractivity contribution >= 4 is 27.3 Å². The fourth-order valence-electron chi connectivity index (χ4n) is 4.65. The van der Waals surface area contributed by atoms with Crippen LogP contribution in [-0.4, -0.2) is 63.2 Å². The Bertz CT molecular complexity index is 1090. The molecule has 0 spiro atoms. The van der Waals surface area contributed by atoms with Crippen molar-refractivity contribution in [2.24, 2.45) is 0 Å². The van der Waals surface area contributed by atoms with Crippen LogP contribution in [0.25, 0.3) is 10.1 Å². The van der Waals surface area contributed by atoms with Crippen molar-refractivity contribution in [3.8, 4) is 17.2 Å². The molecule has 1 atom stereocenters. The Morgan fingerprint density at radius 1 is 1.12 bits per heavy atom. The zero-order chi connectivity index (χ0) is 23.4. The number of carbonyl (C=O) groups excluding carboxylic acids is 1. The summed E-state index contributed by atoms with van der Waals surface area (Å²) in [6.45, 7) is 2.38. The summed E-state index contributed by atoms with van der Waals surface area (Å²) in [5, 5.41) is 3.38. The van der Waals surface area contributed by atoms with E-state index in [1.807, 2.05) is 4.90 Å². The average molecular weight is 469 g/mol. The summed E-state index contributed by atoms with van der Waals surface area (Å²) in [6.07, 6.45) is 3.36. The summed E-state index contributed by atoms with van der Waals surface area (Å²) in [4.78, 5) is 18.2. The summed E-state index contributed by atoms with van der Waals surface area (Å²) in [7, 11) is 6.87. The van der Waals surface area contributed by atoms with Crippen LogP contribution in [0.1, 0.15) is 35.2 Å². The highest BCUT2D eigenvalue weighted by molar-refractivity contribution is 7.17. The number of ether oxygens (including phenoxy) is 3. The van der Waals surface area contributed by atoms with Crippen molar-refractivity contribution < 1.29 is 19.0 Å². The molecule has 2 heterocycles. The predicted octanol–water partition coefficient (Wildman–Crippen LogP) is 5.05. The van der Waals surface area contributed by atoms with Crippen LogP contribution in [0.4, 0.5) is 0 Å². The van der Waals surface area contributed by atoms with E-state index in [1.165, 1.54) is 28.5 Å². The molecule has 0 aliphatic carbocycles. The van der Waals surface area contributed by atoms with E-state index in [-0.39, 0.29) is 5.91 Å². The lowest BCUT2D eigenvalue weighted by Crippen LogP contribution is -2.35. The first-order valence-electron chi connectivity index (χ1n) is 11.3. The maximum Gasteiger partial charge on any atom is 0.254 e. The number of rotatable bonds is 9. The highest BCUT2D eigenvalue weighted by atomic mass is 32.1. The molecule has 1 aliphatic heterocycles. The summed E-state index contributed by atoms with van der Waals surface area (Å²) in [5.74, 6) is 1.41. The Morgan fingerprint density at radius 2 is 1.85 bits per heavy atom. The van der Waals surface area contributed by atoms with E-state index in [9.17, 15) is 4.79 Å². The summed E-state index contributed by atoms with van der Waals surface area (Å²) >= 11 is 1.72. The second kappa shape index (κ2) is 10.4. The number of carbonyl (C=O) groups is 1. The molecule has 0 saturated carbocycles. The van der Waals surface area contributed by atoms with Crippen molar-refractivity contribution in [3.05, 3.63) is 52.9 Å². The third kappa shape index (κ3) is 4.94. The number of thiophene rings is 1. The van der Waals surface area contributed by atoms with Crippen LogP contribution >= 0.6 is 11.3 Å². The fraction of sp³-hybridized carbons (Fsp3) is 0.423.